The van der Waals surface area contributed by atoms with Gasteiger partial charge in [-0.3, -0.25) is 0 Å². The summed E-state index contributed by atoms with van der Waals surface area (Å²) in [5.41, 5.74) is 0.517. The first-order valence-corrected chi connectivity index (χ1v) is 6.74. The van der Waals surface area contributed by atoms with Crippen LogP contribution >= 0.6 is 0 Å². The summed E-state index contributed by atoms with van der Waals surface area (Å²) in [4.78, 5) is 0.598. The van der Waals surface area contributed by atoms with Crippen molar-refractivity contribution in [2.75, 3.05) is 0 Å². The molecule has 0 heterocycles. The van der Waals surface area contributed by atoms with Crippen LogP contribution in [0.15, 0.2) is 71.1 Å². The highest BCUT2D eigenvalue weighted by Crippen LogP contribution is 2.26. The lowest BCUT2D eigenvalue weighted by atomic mass is 10.3. The van der Waals surface area contributed by atoms with Crippen LogP contribution in [0, 0.1) is 0 Å². The van der Waals surface area contributed by atoms with Crippen LogP contribution in [0.4, 0.5) is 0 Å². The molecule has 0 aromatic carbocycles. The van der Waals surface area contributed by atoms with Gasteiger partial charge < -0.3 is 0 Å². The summed E-state index contributed by atoms with van der Waals surface area (Å²) in [6.45, 7) is 8.91. The molecule has 0 bridgehead atoms. The van der Waals surface area contributed by atoms with E-state index in [1.807, 2.05) is 12.2 Å². The Hall–Kier alpha value is -1.61. The number of sulfone groups is 1. The summed E-state index contributed by atoms with van der Waals surface area (Å²) in [6.07, 6.45) is 12.1. The summed E-state index contributed by atoms with van der Waals surface area (Å²) in [5, 5.41) is 0. The van der Waals surface area contributed by atoms with E-state index in [0.29, 0.717) is 16.9 Å². The van der Waals surface area contributed by atoms with E-state index >= 15 is 0 Å². The Labute approximate surface area is 103 Å². The van der Waals surface area contributed by atoms with Crippen LogP contribution < -0.4 is 0 Å². The van der Waals surface area contributed by atoms with Crippen LogP contribution in [0.1, 0.15) is 13.3 Å². The van der Waals surface area contributed by atoms with Crippen molar-refractivity contribution in [3.8, 4) is 0 Å². The van der Waals surface area contributed by atoms with E-state index in [4.69, 9.17) is 0 Å². The highest BCUT2D eigenvalue weighted by atomic mass is 32.2. The maximum absolute atomic E-state index is 12.4. The van der Waals surface area contributed by atoms with Gasteiger partial charge >= 0.3 is 0 Å². The maximum Gasteiger partial charge on any atom is 0.203 e. The number of hydrogen-bond acceptors (Lipinski definition) is 2. The average Bonchev–Trinajstić information content (AvgIpc) is 2.53. The molecular weight excluding hydrogens is 232 g/mol. The van der Waals surface area contributed by atoms with Crippen molar-refractivity contribution >= 4 is 9.84 Å². The Morgan fingerprint density at radius 1 is 1.35 bits per heavy atom. The molecular formula is C14H16O2S. The minimum Gasteiger partial charge on any atom is -0.219 e. The summed E-state index contributed by atoms with van der Waals surface area (Å²) >= 11 is 0. The second-order valence-corrected chi connectivity index (χ2v) is 5.67. The fourth-order valence-corrected chi connectivity index (χ4v) is 3.06. The molecule has 0 saturated heterocycles. The quantitative estimate of drug-likeness (QED) is 0.714. The third-order valence-corrected chi connectivity index (χ3v) is 4.34. The molecule has 1 rings (SSSR count). The standard InChI is InChI=1S/C14H16O2S/c1-4-9-14(12(2)3)17(15,16)13-10-7-5-6-8-11-13/h4-10H,1-2,11H2,3H3/b14-9+. The SMILES string of the molecule is C=C/C=C(\C(=C)C)S(=O)(=O)C1=CC=CC=CC1. The molecule has 1 aliphatic carbocycles. The Morgan fingerprint density at radius 3 is 2.65 bits per heavy atom. The van der Waals surface area contributed by atoms with Gasteiger partial charge in [0.1, 0.15) is 0 Å². The van der Waals surface area contributed by atoms with E-state index in [1.165, 1.54) is 12.2 Å². The number of allylic oxidation sites excluding steroid dienone is 9. The normalized spacial score (nSPS) is 16.3. The second kappa shape index (κ2) is 5.64. The highest BCUT2D eigenvalue weighted by Gasteiger charge is 2.22. The van der Waals surface area contributed by atoms with Gasteiger partial charge in [0.25, 0.3) is 0 Å². The maximum atomic E-state index is 12.4. The predicted molar refractivity (Wildman–Crippen MR) is 73.0 cm³/mol. The Morgan fingerprint density at radius 2 is 2.06 bits per heavy atom. The minimum absolute atomic E-state index is 0.224. The lowest BCUT2D eigenvalue weighted by Crippen LogP contribution is -2.07. The molecule has 17 heavy (non-hydrogen) atoms. The van der Waals surface area contributed by atoms with Gasteiger partial charge in [0.2, 0.25) is 9.84 Å². The molecule has 0 radical (unpaired) electrons. The van der Waals surface area contributed by atoms with Crippen molar-refractivity contribution in [1.82, 2.24) is 0 Å². The lowest BCUT2D eigenvalue weighted by Gasteiger charge is -2.10. The van der Waals surface area contributed by atoms with Crippen molar-refractivity contribution in [2.24, 2.45) is 0 Å². The smallest absolute Gasteiger partial charge is 0.203 e. The van der Waals surface area contributed by atoms with Gasteiger partial charge in [0.15, 0.2) is 0 Å². The molecule has 0 aromatic rings. The summed E-state index contributed by atoms with van der Waals surface area (Å²) < 4.78 is 24.7. The second-order valence-electron chi connectivity index (χ2n) is 3.70. The van der Waals surface area contributed by atoms with Gasteiger partial charge in [0, 0.05) is 6.42 Å². The van der Waals surface area contributed by atoms with Gasteiger partial charge in [0.05, 0.1) is 9.81 Å². The average molecular weight is 248 g/mol. The van der Waals surface area contributed by atoms with Crippen LogP contribution in [0.2, 0.25) is 0 Å². The van der Waals surface area contributed by atoms with Gasteiger partial charge in [-0.25, -0.2) is 8.42 Å². The largest absolute Gasteiger partial charge is 0.219 e. The highest BCUT2D eigenvalue weighted by molar-refractivity contribution is 7.99. The van der Waals surface area contributed by atoms with Crippen LogP contribution in [0.5, 0.6) is 0 Å². The topological polar surface area (TPSA) is 34.1 Å². The third-order valence-electron chi connectivity index (χ3n) is 2.28. The molecule has 90 valence electrons. The van der Waals surface area contributed by atoms with Gasteiger partial charge in [-0.05, 0) is 24.6 Å². The predicted octanol–water partition coefficient (Wildman–Crippen LogP) is 3.45. The summed E-state index contributed by atoms with van der Waals surface area (Å²) in [5.74, 6) is 0. The first-order chi connectivity index (χ1) is 8.00. The van der Waals surface area contributed by atoms with Gasteiger partial charge in [-0.15, -0.1) is 0 Å². The summed E-state index contributed by atoms with van der Waals surface area (Å²) in [6, 6.07) is 0. The Kier molecular flexibility index (Phi) is 4.46. The molecule has 2 nitrogen and oxygen atoms in total. The Balaban J connectivity index is 3.27. The fraction of sp³-hybridized carbons (Fsp3) is 0.143. The van der Waals surface area contributed by atoms with Crippen molar-refractivity contribution in [2.45, 2.75) is 13.3 Å². The van der Waals surface area contributed by atoms with Crippen molar-refractivity contribution in [1.29, 1.82) is 0 Å². The van der Waals surface area contributed by atoms with E-state index in [-0.39, 0.29) is 4.91 Å². The van der Waals surface area contributed by atoms with Gasteiger partial charge in [-0.2, -0.15) is 0 Å². The van der Waals surface area contributed by atoms with E-state index in [9.17, 15) is 8.42 Å². The fourth-order valence-electron chi connectivity index (χ4n) is 1.47. The van der Waals surface area contributed by atoms with E-state index in [2.05, 4.69) is 13.2 Å². The van der Waals surface area contributed by atoms with Crippen molar-refractivity contribution < 1.29 is 8.42 Å². The molecule has 0 N–H and O–H groups in total. The van der Waals surface area contributed by atoms with E-state index in [0.717, 1.165) is 0 Å². The molecule has 0 aliphatic heterocycles. The molecule has 3 heteroatoms. The van der Waals surface area contributed by atoms with Crippen molar-refractivity contribution in [3.05, 3.63) is 71.1 Å². The first kappa shape index (κ1) is 13.5. The zero-order valence-corrected chi connectivity index (χ0v) is 10.7. The molecule has 0 amide bonds. The first-order valence-electron chi connectivity index (χ1n) is 5.26. The zero-order chi connectivity index (χ0) is 12.9. The summed E-state index contributed by atoms with van der Waals surface area (Å²) in [7, 11) is -3.46. The number of hydrogen-bond donors (Lipinski definition) is 0. The molecule has 0 saturated carbocycles. The van der Waals surface area contributed by atoms with E-state index in [1.54, 1.807) is 25.2 Å². The minimum atomic E-state index is -3.46. The van der Waals surface area contributed by atoms with Gasteiger partial charge in [-0.1, -0.05) is 43.5 Å². The zero-order valence-electron chi connectivity index (χ0n) is 9.89. The van der Waals surface area contributed by atoms with Crippen LogP contribution in [0.25, 0.3) is 0 Å². The van der Waals surface area contributed by atoms with Crippen LogP contribution in [-0.4, -0.2) is 8.42 Å². The van der Waals surface area contributed by atoms with Crippen LogP contribution in [-0.2, 0) is 9.84 Å². The monoisotopic (exact) mass is 248 g/mol. The molecule has 0 unspecified atom stereocenters. The van der Waals surface area contributed by atoms with Crippen LogP contribution in [0.3, 0.4) is 0 Å². The molecule has 1 aliphatic rings. The third kappa shape index (κ3) is 3.17. The lowest BCUT2D eigenvalue weighted by molar-refractivity contribution is 0.607. The molecule has 0 aromatic heterocycles. The van der Waals surface area contributed by atoms with Crippen molar-refractivity contribution in [3.63, 3.8) is 0 Å². The Bertz CT molecular complexity index is 541. The molecule has 0 spiro atoms. The number of rotatable bonds is 4. The van der Waals surface area contributed by atoms with E-state index < -0.39 is 9.84 Å². The molecule has 0 atom stereocenters. The molecule has 0 fully saturated rings.